The molecule has 0 spiro atoms. The third-order valence-corrected chi connectivity index (χ3v) is 4.86. The number of hydrogen-bond acceptors (Lipinski definition) is 3. The van der Waals surface area contributed by atoms with Crippen LogP contribution in [0.2, 0.25) is 0 Å². The summed E-state index contributed by atoms with van der Waals surface area (Å²) in [5, 5.41) is 0. The molecule has 2 aliphatic rings. The molecule has 1 saturated heterocycles. The van der Waals surface area contributed by atoms with Crippen LogP contribution in [0.15, 0.2) is 18.2 Å². The Bertz CT molecular complexity index is 386. The maximum absolute atomic E-state index is 6.01. The summed E-state index contributed by atoms with van der Waals surface area (Å²) in [6.07, 6.45) is 1.40. The van der Waals surface area contributed by atoms with Crippen LogP contribution in [-0.2, 0) is 13.1 Å². The van der Waals surface area contributed by atoms with E-state index in [-0.39, 0.29) is 0 Å². The number of hydrogen-bond donors (Lipinski definition) is 1. The van der Waals surface area contributed by atoms with Crippen molar-refractivity contribution in [3.63, 3.8) is 0 Å². The van der Waals surface area contributed by atoms with Crippen LogP contribution in [0, 0.1) is 5.92 Å². The maximum Gasteiger partial charge on any atom is 0.0363 e. The van der Waals surface area contributed by atoms with Crippen molar-refractivity contribution in [3.05, 3.63) is 29.3 Å². The van der Waals surface area contributed by atoms with Crippen molar-refractivity contribution in [1.82, 2.24) is 4.90 Å². The zero-order chi connectivity index (χ0) is 11.0. The maximum atomic E-state index is 6.01. The number of thioether (sulfide) groups is 1. The number of nitrogen functional groups attached to an aromatic ring is 1. The largest absolute Gasteiger partial charge is 0.398 e. The van der Waals surface area contributed by atoms with Gasteiger partial charge in [-0.25, -0.2) is 0 Å². The molecule has 3 rings (SSSR count). The average molecular weight is 234 g/mol. The Morgan fingerprint density at radius 1 is 1.38 bits per heavy atom. The van der Waals surface area contributed by atoms with Gasteiger partial charge in [-0.3, -0.25) is 4.90 Å². The molecule has 3 heteroatoms. The van der Waals surface area contributed by atoms with Gasteiger partial charge in [0.25, 0.3) is 0 Å². The second-order valence-electron chi connectivity index (χ2n) is 4.88. The molecule has 0 amide bonds. The first-order chi connectivity index (χ1) is 7.83. The van der Waals surface area contributed by atoms with Crippen LogP contribution >= 0.6 is 11.8 Å². The van der Waals surface area contributed by atoms with E-state index in [1.54, 1.807) is 0 Å². The van der Waals surface area contributed by atoms with E-state index in [9.17, 15) is 0 Å². The summed E-state index contributed by atoms with van der Waals surface area (Å²) < 4.78 is 0. The van der Waals surface area contributed by atoms with Crippen LogP contribution in [0.5, 0.6) is 0 Å². The highest BCUT2D eigenvalue weighted by atomic mass is 32.2. The van der Waals surface area contributed by atoms with E-state index in [1.165, 1.54) is 35.6 Å². The summed E-state index contributed by atoms with van der Waals surface area (Å²) in [7, 11) is 0. The summed E-state index contributed by atoms with van der Waals surface area (Å²) in [6.45, 7) is 3.41. The monoisotopic (exact) mass is 234 g/mol. The van der Waals surface area contributed by atoms with E-state index in [1.807, 2.05) is 6.07 Å². The Labute approximate surface area is 101 Å². The molecule has 2 N–H and O–H groups in total. The minimum absolute atomic E-state index is 0.903. The molecule has 2 heterocycles. The number of rotatable bonds is 2. The van der Waals surface area contributed by atoms with Gasteiger partial charge in [-0.1, -0.05) is 12.1 Å². The second kappa shape index (κ2) is 4.30. The van der Waals surface area contributed by atoms with Gasteiger partial charge in [0.2, 0.25) is 0 Å². The third-order valence-electron chi connectivity index (χ3n) is 3.63. The topological polar surface area (TPSA) is 29.3 Å². The van der Waals surface area contributed by atoms with E-state index in [2.05, 4.69) is 28.8 Å². The summed E-state index contributed by atoms with van der Waals surface area (Å²) in [5.74, 6) is 3.61. The highest BCUT2D eigenvalue weighted by Crippen LogP contribution is 2.30. The first-order valence-corrected chi connectivity index (χ1v) is 7.15. The second-order valence-corrected chi connectivity index (χ2v) is 6.03. The molecule has 1 fully saturated rings. The van der Waals surface area contributed by atoms with Crippen LogP contribution in [0.1, 0.15) is 17.5 Å². The highest BCUT2D eigenvalue weighted by Gasteiger charge is 2.24. The molecule has 86 valence electrons. The first-order valence-electron chi connectivity index (χ1n) is 5.99. The lowest BCUT2D eigenvalue weighted by Gasteiger charge is -2.18. The first kappa shape index (κ1) is 10.5. The SMILES string of the molecule is Nc1cccc2c1CN(CC1CCSC1)C2. The minimum atomic E-state index is 0.903. The molecule has 1 unspecified atom stereocenters. The third kappa shape index (κ3) is 1.94. The van der Waals surface area contributed by atoms with E-state index in [0.717, 1.165) is 24.7 Å². The quantitative estimate of drug-likeness (QED) is 0.796. The smallest absolute Gasteiger partial charge is 0.0363 e. The lowest BCUT2D eigenvalue weighted by atomic mass is 10.1. The molecule has 0 aliphatic carbocycles. The lowest BCUT2D eigenvalue weighted by Crippen LogP contribution is -2.24. The summed E-state index contributed by atoms with van der Waals surface area (Å²) in [5.41, 5.74) is 9.79. The molecule has 16 heavy (non-hydrogen) atoms. The van der Waals surface area contributed by atoms with Gasteiger partial charge >= 0.3 is 0 Å². The van der Waals surface area contributed by atoms with E-state index in [0.29, 0.717) is 0 Å². The fourth-order valence-electron chi connectivity index (χ4n) is 2.74. The molecule has 0 radical (unpaired) electrons. The van der Waals surface area contributed by atoms with Crippen LogP contribution in [0.3, 0.4) is 0 Å². The Hall–Kier alpha value is -0.670. The Kier molecular flexibility index (Phi) is 2.82. The number of benzene rings is 1. The molecule has 0 saturated carbocycles. The van der Waals surface area contributed by atoms with Crippen LogP contribution in [0.25, 0.3) is 0 Å². The van der Waals surface area contributed by atoms with Crippen molar-refractivity contribution in [1.29, 1.82) is 0 Å². The summed E-state index contributed by atoms with van der Waals surface area (Å²) in [6, 6.07) is 6.31. The Morgan fingerprint density at radius 2 is 2.31 bits per heavy atom. The summed E-state index contributed by atoms with van der Waals surface area (Å²) in [4.78, 5) is 2.55. The molecule has 1 aromatic rings. The van der Waals surface area contributed by atoms with Gasteiger partial charge in [0.15, 0.2) is 0 Å². The number of nitrogens with two attached hydrogens (primary N) is 1. The van der Waals surface area contributed by atoms with Gasteiger partial charge in [0.1, 0.15) is 0 Å². The normalized spacial score (nSPS) is 24.9. The summed E-state index contributed by atoms with van der Waals surface area (Å²) >= 11 is 2.10. The van der Waals surface area contributed by atoms with Crippen LogP contribution in [0.4, 0.5) is 5.69 Å². The van der Waals surface area contributed by atoms with Crippen molar-refractivity contribution in [2.45, 2.75) is 19.5 Å². The molecule has 2 nitrogen and oxygen atoms in total. The average Bonchev–Trinajstić information content (AvgIpc) is 2.88. The molecule has 1 aromatic carbocycles. The predicted molar refractivity (Wildman–Crippen MR) is 70.4 cm³/mol. The van der Waals surface area contributed by atoms with E-state index in [4.69, 9.17) is 5.73 Å². The van der Waals surface area contributed by atoms with Gasteiger partial charge in [0, 0.05) is 25.3 Å². The predicted octanol–water partition coefficient (Wildman–Crippen LogP) is 2.34. The van der Waals surface area contributed by atoms with Gasteiger partial charge in [0.05, 0.1) is 0 Å². The van der Waals surface area contributed by atoms with Gasteiger partial charge in [-0.05, 0) is 41.0 Å². The fraction of sp³-hybridized carbons (Fsp3) is 0.538. The van der Waals surface area contributed by atoms with Crippen molar-refractivity contribution in [2.75, 3.05) is 23.8 Å². The van der Waals surface area contributed by atoms with E-state index >= 15 is 0 Å². The van der Waals surface area contributed by atoms with Crippen molar-refractivity contribution in [3.8, 4) is 0 Å². The standard InChI is InChI=1S/C13H18N2S/c14-13-3-1-2-11-7-15(8-12(11)13)6-10-4-5-16-9-10/h1-3,10H,4-9,14H2. The molecule has 2 aliphatic heterocycles. The number of anilines is 1. The zero-order valence-electron chi connectivity index (χ0n) is 9.48. The number of nitrogens with zero attached hydrogens (tertiary/aromatic N) is 1. The van der Waals surface area contributed by atoms with Gasteiger partial charge < -0.3 is 5.73 Å². The molecule has 1 atom stereocenters. The zero-order valence-corrected chi connectivity index (χ0v) is 10.3. The molecule has 0 aromatic heterocycles. The highest BCUT2D eigenvalue weighted by molar-refractivity contribution is 7.99. The Balaban J connectivity index is 1.68. The number of fused-ring (bicyclic) bond motifs is 1. The lowest BCUT2D eigenvalue weighted by molar-refractivity contribution is 0.246. The minimum Gasteiger partial charge on any atom is -0.398 e. The Morgan fingerprint density at radius 3 is 3.06 bits per heavy atom. The van der Waals surface area contributed by atoms with E-state index < -0.39 is 0 Å². The van der Waals surface area contributed by atoms with Crippen LogP contribution in [-0.4, -0.2) is 23.0 Å². The fourth-order valence-corrected chi connectivity index (χ4v) is 4.01. The molecular formula is C13H18N2S. The van der Waals surface area contributed by atoms with Gasteiger partial charge in [-0.2, -0.15) is 11.8 Å². The van der Waals surface area contributed by atoms with Gasteiger partial charge in [-0.15, -0.1) is 0 Å². The van der Waals surface area contributed by atoms with Crippen molar-refractivity contribution < 1.29 is 0 Å². The van der Waals surface area contributed by atoms with Crippen molar-refractivity contribution >= 4 is 17.4 Å². The molecular weight excluding hydrogens is 216 g/mol. The molecule has 0 bridgehead atoms. The van der Waals surface area contributed by atoms with Crippen LogP contribution < -0.4 is 5.73 Å². The van der Waals surface area contributed by atoms with Crippen molar-refractivity contribution in [2.24, 2.45) is 5.92 Å².